The van der Waals surface area contributed by atoms with Gasteiger partial charge in [0.1, 0.15) is 5.75 Å². The molecule has 6 heteroatoms. The van der Waals surface area contributed by atoms with Gasteiger partial charge in [0, 0.05) is 26.8 Å². The molecule has 0 radical (unpaired) electrons. The van der Waals surface area contributed by atoms with Gasteiger partial charge in [-0.2, -0.15) is 5.10 Å². The van der Waals surface area contributed by atoms with Crippen molar-refractivity contribution in [1.82, 2.24) is 5.43 Å². The molecular formula is C22H19ClN2O2S. The van der Waals surface area contributed by atoms with Crippen molar-refractivity contribution in [3.8, 4) is 5.75 Å². The molecule has 1 amide bonds. The van der Waals surface area contributed by atoms with Crippen molar-refractivity contribution in [1.29, 1.82) is 0 Å². The third-order valence-electron chi connectivity index (χ3n) is 4.05. The quantitative estimate of drug-likeness (QED) is 0.321. The first-order valence-electron chi connectivity index (χ1n) is 8.63. The molecule has 0 aromatic heterocycles. The number of benzene rings is 3. The number of hydrazone groups is 1. The Morgan fingerprint density at radius 1 is 1.04 bits per heavy atom. The van der Waals surface area contributed by atoms with Crippen LogP contribution in [-0.2, 0) is 5.75 Å². The van der Waals surface area contributed by atoms with E-state index in [0.29, 0.717) is 16.8 Å². The summed E-state index contributed by atoms with van der Waals surface area (Å²) in [4.78, 5) is 13.4. The second-order valence-corrected chi connectivity index (χ2v) is 7.58. The lowest BCUT2D eigenvalue weighted by Gasteiger charge is -2.06. The predicted octanol–water partition coefficient (Wildman–Crippen LogP) is 5.49. The number of phenols is 1. The minimum Gasteiger partial charge on any atom is -0.507 e. The summed E-state index contributed by atoms with van der Waals surface area (Å²) in [5.41, 5.74) is 5.28. The molecule has 142 valence electrons. The van der Waals surface area contributed by atoms with Gasteiger partial charge in [-0.1, -0.05) is 35.9 Å². The molecule has 4 nitrogen and oxygen atoms in total. The standard InChI is InChI=1S/C22H19ClN2O2S/c1-15(20-4-2-3-5-21(20)26)24-25-22(27)17-8-6-16(7-9-17)14-28-19-12-10-18(23)11-13-19/h2-13,26H,14H2,1H3,(H,25,27)/b24-15-. The monoisotopic (exact) mass is 410 g/mol. The molecule has 3 aromatic rings. The van der Waals surface area contributed by atoms with Crippen molar-refractivity contribution < 1.29 is 9.90 Å². The Bertz CT molecular complexity index is 986. The Hall–Kier alpha value is -2.76. The predicted molar refractivity (Wildman–Crippen MR) is 115 cm³/mol. The molecular weight excluding hydrogens is 392 g/mol. The van der Waals surface area contributed by atoms with Crippen LogP contribution in [0.15, 0.2) is 82.8 Å². The highest BCUT2D eigenvalue weighted by Crippen LogP contribution is 2.24. The number of rotatable bonds is 6. The Balaban J connectivity index is 1.58. The fourth-order valence-corrected chi connectivity index (χ4v) is 3.47. The molecule has 3 aromatic carbocycles. The number of thioether (sulfide) groups is 1. The highest BCUT2D eigenvalue weighted by molar-refractivity contribution is 7.98. The van der Waals surface area contributed by atoms with Crippen LogP contribution in [0, 0.1) is 0 Å². The van der Waals surface area contributed by atoms with E-state index in [-0.39, 0.29) is 11.7 Å². The van der Waals surface area contributed by atoms with Crippen molar-refractivity contribution in [2.45, 2.75) is 17.6 Å². The second-order valence-electron chi connectivity index (χ2n) is 6.09. The van der Waals surface area contributed by atoms with Crippen LogP contribution in [0.1, 0.15) is 28.4 Å². The fourth-order valence-electron chi connectivity index (χ4n) is 2.49. The fraction of sp³-hybridized carbons (Fsp3) is 0.0909. The summed E-state index contributed by atoms with van der Waals surface area (Å²) >= 11 is 7.60. The summed E-state index contributed by atoms with van der Waals surface area (Å²) < 4.78 is 0. The molecule has 0 spiro atoms. The van der Waals surface area contributed by atoms with Crippen LogP contribution in [0.4, 0.5) is 0 Å². The maximum Gasteiger partial charge on any atom is 0.271 e. The molecule has 0 bridgehead atoms. The number of para-hydroxylation sites is 1. The number of amides is 1. The number of aromatic hydroxyl groups is 1. The SMILES string of the molecule is C/C(=N/NC(=O)c1ccc(CSc2ccc(Cl)cc2)cc1)c1ccccc1O. The largest absolute Gasteiger partial charge is 0.507 e. The van der Waals surface area contributed by atoms with Crippen LogP contribution in [0.25, 0.3) is 0 Å². The number of nitrogens with one attached hydrogen (secondary N) is 1. The highest BCUT2D eigenvalue weighted by Gasteiger charge is 2.07. The van der Waals surface area contributed by atoms with Crippen molar-refractivity contribution in [3.63, 3.8) is 0 Å². The summed E-state index contributed by atoms with van der Waals surface area (Å²) in [5, 5.41) is 14.6. The van der Waals surface area contributed by atoms with Crippen LogP contribution in [-0.4, -0.2) is 16.7 Å². The topological polar surface area (TPSA) is 61.7 Å². The number of phenolic OH excluding ortho intramolecular Hbond substituents is 1. The zero-order valence-electron chi connectivity index (χ0n) is 15.2. The van der Waals surface area contributed by atoms with E-state index >= 15 is 0 Å². The van der Waals surface area contributed by atoms with Crippen molar-refractivity contribution in [3.05, 3.63) is 94.5 Å². The molecule has 0 aliphatic carbocycles. The number of hydrogen-bond acceptors (Lipinski definition) is 4. The van der Waals surface area contributed by atoms with Gasteiger partial charge < -0.3 is 5.11 Å². The summed E-state index contributed by atoms with van der Waals surface area (Å²) in [6.45, 7) is 1.73. The van der Waals surface area contributed by atoms with E-state index in [1.807, 2.05) is 36.4 Å². The maximum absolute atomic E-state index is 12.3. The molecule has 28 heavy (non-hydrogen) atoms. The van der Waals surface area contributed by atoms with Gasteiger partial charge >= 0.3 is 0 Å². The van der Waals surface area contributed by atoms with E-state index in [9.17, 15) is 9.90 Å². The third kappa shape index (κ3) is 5.38. The van der Waals surface area contributed by atoms with Crippen molar-refractivity contribution >= 4 is 35.0 Å². The number of carbonyl (C=O) groups excluding carboxylic acids is 1. The third-order valence-corrected chi connectivity index (χ3v) is 5.39. The minimum absolute atomic E-state index is 0.125. The van der Waals surface area contributed by atoms with Gasteiger partial charge in [-0.15, -0.1) is 11.8 Å². The smallest absolute Gasteiger partial charge is 0.271 e. The van der Waals surface area contributed by atoms with Crippen molar-refractivity contribution in [2.24, 2.45) is 5.10 Å². The Kier molecular flexibility index (Phi) is 6.74. The summed E-state index contributed by atoms with van der Waals surface area (Å²) in [5.74, 6) is 0.626. The molecule has 0 heterocycles. The van der Waals surface area contributed by atoms with Crippen LogP contribution in [0.2, 0.25) is 5.02 Å². The zero-order valence-corrected chi connectivity index (χ0v) is 16.8. The van der Waals surface area contributed by atoms with Crippen LogP contribution < -0.4 is 5.43 Å². The van der Waals surface area contributed by atoms with E-state index in [1.165, 1.54) is 0 Å². The molecule has 0 saturated heterocycles. The second kappa shape index (κ2) is 9.44. The van der Waals surface area contributed by atoms with E-state index in [2.05, 4.69) is 10.5 Å². The summed E-state index contributed by atoms with van der Waals surface area (Å²) in [6.07, 6.45) is 0. The van der Waals surface area contributed by atoms with Gasteiger partial charge in [0.25, 0.3) is 5.91 Å². The van der Waals surface area contributed by atoms with E-state index < -0.39 is 0 Å². The molecule has 0 aliphatic rings. The van der Waals surface area contributed by atoms with Gasteiger partial charge in [-0.05, 0) is 61.0 Å². The first kappa shape index (κ1) is 20.0. The van der Waals surface area contributed by atoms with Crippen LogP contribution in [0.3, 0.4) is 0 Å². The van der Waals surface area contributed by atoms with Gasteiger partial charge in [0.05, 0.1) is 5.71 Å². The number of halogens is 1. The lowest BCUT2D eigenvalue weighted by molar-refractivity contribution is 0.0955. The molecule has 0 fully saturated rings. The average molecular weight is 411 g/mol. The number of nitrogens with zero attached hydrogens (tertiary/aromatic N) is 1. The molecule has 0 saturated carbocycles. The summed E-state index contributed by atoms with van der Waals surface area (Å²) in [6, 6.07) is 22.0. The van der Waals surface area contributed by atoms with Crippen LogP contribution >= 0.6 is 23.4 Å². The molecule has 0 unspecified atom stereocenters. The molecule has 2 N–H and O–H groups in total. The first-order chi connectivity index (χ1) is 13.5. The van der Waals surface area contributed by atoms with Gasteiger partial charge in [-0.25, -0.2) is 5.43 Å². The average Bonchev–Trinajstić information content (AvgIpc) is 2.72. The normalized spacial score (nSPS) is 11.3. The molecule has 0 atom stereocenters. The first-order valence-corrected chi connectivity index (χ1v) is 9.99. The van der Waals surface area contributed by atoms with Gasteiger partial charge in [0.15, 0.2) is 0 Å². The van der Waals surface area contributed by atoms with E-state index in [0.717, 1.165) is 21.2 Å². The van der Waals surface area contributed by atoms with E-state index in [4.69, 9.17) is 11.6 Å². The molecule has 0 aliphatic heterocycles. The lowest BCUT2D eigenvalue weighted by atomic mass is 10.1. The Morgan fingerprint density at radius 3 is 2.39 bits per heavy atom. The van der Waals surface area contributed by atoms with Gasteiger partial charge in [0.2, 0.25) is 0 Å². The number of hydrogen-bond donors (Lipinski definition) is 2. The highest BCUT2D eigenvalue weighted by atomic mass is 35.5. The lowest BCUT2D eigenvalue weighted by Crippen LogP contribution is -2.19. The number of carbonyl (C=O) groups is 1. The Labute approximate surface area is 173 Å². The maximum atomic E-state index is 12.3. The Morgan fingerprint density at radius 2 is 1.71 bits per heavy atom. The van der Waals surface area contributed by atoms with E-state index in [1.54, 1.807) is 55.1 Å². The van der Waals surface area contributed by atoms with Crippen molar-refractivity contribution in [2.75, 3.05) is 0 Å². The minimum atomic E-state index is -0.299. The van der Waals surface area contributed by atoms with Gasteiger partial charge in [-0.3, -0.25) is 4.79 Å². The zero-order chi connectivity index (χ0) is 19.9. The van der Waals surface area contributed by atoms with Crippen LogP contribution in [0.5, 0.6) is 5.75 Å². The summed E-state index contributed by atoms with van der Waals surface area (Å²) in [7, 11) is 0. The molecule has 3 rings (SSSR count).